The Morgan fingerprint density at radius 3 is 2.65 bits per heavy atom. The van der Waals surface area contributed by atoms with Crippen LogP contribution in [0.1, 0.15) is 37.9 Å². The molecule has 0 fully saturated rings. The quantitative estimate of drug-likeness (QED) is 0.189. The first-order valence-electron chi connectivity index (χ1n) is 13.9. The van der Waals surface area contributed by atoms with Gasteiger partial charge >= 0.3 is 7.12 Å². The SMILES string of the molecule is CCOB1OC(C)(C)c2cc(Nc3ncc(-c4nc(-c5cccc(F)c5)no4)c(N[C@H](CO)c4ccccc4)n3)ccc21. The van der Waals surface area contributed by atoms with Crippen LogP contribution in [0.4, 0.5) is 21.8 Å². The Labute approximate surface area is 248 Å². The van der Waals surface area contributed by atoms with Gasteiger partial charge in [0, 0.05) is 24.1 Å². The third-order valence-electron chi connectivity index (χ3n) is 7.16. The van der Waals surface area contributed by atoms with E-state index in [2.05, 4.69) is 25.8 Å². The zero-order chi connectivity index (χ0) is 30.0. The van der Waals surface area contributed by atoms with Crippen LogP contribution in [-0.4, -0.2) is 45.5 Å². The maximum atomic E-state index is 13.8. The van der Waals surface area contributed by atoms with Gasteiger partial charge in [0.2, 0.25) is 11.8 Å². The summed E-state index contributed by atoms with van der Waals surface area (Å²) < 4.78 is 31.3. The summed E-state index contributed by atoms with van der Waals surface area (Å²) in [6.45, 7) is 6.28. The molecule has 0 aliphatic carbocycles. The van der Waals surface area contributed by atoms with E-state index in [0.717, 1.165) is 22.3 Å². The number of halogens is 1. The van der Waals surface area contributed by atoms with Crippen molar-refractivity contribution < 1.29 is 23.3 Å². The molecular weight excluding hydrogens is 550 g/mol. The van der Waals surface area contributed by atoms with Gasteiger partial charge in [0.15, 0.2) is 0 Å². The molecule has 5 aromatic rings. The topological polar surface area (TPSA) is 127 Å². The van der Waals surface area contributed by atoms with Crippen molar-refractivity contribution in [3.63, 3.8) is 0 Å². The van der Waals surface area contributed by atoms with Crippen molar-refractivity contribution in [1.82, 2.24) is 20.1 Å². The lowest BCUT2D eigenvalue weighted by molar-refractivity contribution is 0.0867. The second kappa shape index (κ2) is 11.9. The molecule has 1 aliphatic heterocycles. The van der Waals surface area contributed by atoms with E-state index in [1.54, 1.807) is 18.3 Å². The average molecular weight is 580 g/mol. The predicted molar refractivity (Wildman–Crippen MR) is 161 cm³/mol. The highest BCUT2D eigenvalue weighted by molar-refractivity contribution is 6.63. The Morgan fingerprint density at radius 2 is 1.88 bits per heavy atom. The maximum Gasteiger partial charge on any atom is 0.494 e. The highest BCUT2D eigenvalue weighted by atomic mass is 19.1. The fraction of sp³-hybridized carbons (Fsp3) is 0.226. The molecule has 0 radical (unpaired) electrons. The summed E-state index contributed by atoms with van der Waals surface area (Å²) in [6.07, 6.45) is 1.56. The molecule has 0 amide bonds. The predicted octanol–water partition coefficient (Wildman–Crippen LogP) is 5.22. The van der Waals surface area contributed by atoms with Crippen molar-refractivity contribution in [2.24, 2.45) is 0 Å². The Bertz CT molecular complexity index is 1730. The maximum absolute atomic E-state index is 13.8. The van der Waals surface area contributed by atoms with E-state index in [-0.39, 0.29) is 18.3 Å². The van der Waals surface area contributed by atoms with Crippen LogP contribution in [0.25, 0.3) is 22.8 Å². The molecule has 6 rings (SSSR count). The third kappa shape index (κ3) is 5.98. The fourth-order valence-electron chi connectivity index (χ4n) is 5.03. The molecule has 3 heterocycles. The fourth-order valence-corrected chi connectivity index (χ4v) is 5.03. The lowest BCUT2D eigenvalue weighted by atomic mass is 9.77. The molecule has 3 N–H and O–H groups in total. The van der Waals surface area contributed by atoms with Crippen LogP contribution in [0, 0.1) is 5.82 Å². The standard InChI is InChI=1S/C31H30BFN6O4/c1-4-41-32-25-14-13-22(16-24(25)31(2,3)43-32)35-30-34-17-23(28(38-30)36-26(18-40)19-9-6-5-7-10-19)29-37-27(39-42-29)20-11-8-12-21(33)15-20/h5-17,26,40H,4,18H2,1-3H3,(H2,34,35,36,38)/t26-/m1/s1. The van der Waals surface area contributed by atoms with E-state index in [1.165, 1.54) is 12.1 Å². The first-order chi connectivity index (χ1) is 20.8. The van der Waals surface area contributed by atoms with E-state index < -0.39 is 24.6 Å². The highest BCUT2D eigenvalue weighted by Gasteiger charge is 2.42. The van der Waals surface area contributed by atoms with Crippen LogP contribution in [0.2, 0.25) is 0 Å². The third-order valence-corrected chi connectivity index (χ3v) is 7.16. The van der Waals surface area contributed by atoms with Crippen molar-refractivity contribution in [1.29, 1.82) is 0 Å². The van der Waals surface area contributed by atoms with Crippen LogP contribution in [0.5, 0.6) is 0 Å². The number of anilines is 3. The minimum Gasteiger partial charge on any atom is -0.408 e. The number of hydrogen-bond acceptors (Lipinski definition) is 10. The van der Waals surface area contributed by atoms with Crippen molar-refractivity contribution >= 4 is 30.0 Å². The number of hydrogen-bond donors (Lipinski definition) is 3. The number of nitrogens with one attached hydrogen (secondary N) is 2. The highest BCUT2D eigenvalue weighted by Crippen LogP contribution is 2.34. The molecule has 3 aromatic carbocycles. The molecule has 0 spiro atoms. The summed E-state index contributed by atoms with van der Waals surface area (Å²) in [4.78, 5) is 13.7. The van der Waals surface area contributed by atoms with Gasteiger partial charge in [-0.15, -0.1) is 0 Å². The van der Waals surface area contributed by atoms with Gasteiger partial charge < -0.3 is 29.6 Å². The molecule has 10 nitrogen and oxygen atoms in total. The summed E-state index contributed by atoms with van der Waals surface area (Å²) in [5, 5.41) is 20.9. The van der Waals surface area contributed by atoms with Crippen LogP contribution >= 0.6 is 0 Å². The lowest BCUT2D eigenvalue weighted by Crippen LogP contribution is -2.32. The van der Waals surface area contributed by atoms with Crippen LogP contribution in [0.15, 0.2) is 83.5 Å². The van der Waals surface area contributed by atoms with Gasteiger partial charge in [-0.05, 0) is 61.6 Å². The largest absolute Gasteiger partial charge is 0.494 e. The number of nitrogens with zero attached hydrogens (tertiary/aromatic N) is 4. The van der Waals surface area contributed by atoms with Gasteiger partial charge in [-0.25, -0.2) is 9.37 Å². The minimum atomic E-state index is -0.536. The Balaban J connectivity index is 1.35. The van der Waals surface area contributed by atoms with E-state index in [1.807, 2.05) is 69.3 Å². The Hall–Kier alpha value is -4.65. The molecule has 0 unspecified atom stereocenters. The van der Waals surface area contributed by atoms with E-state index in [4.69, 9.17) is 18.8 Å². The van der Waals surface area contributed by atoms with Gasteiger partial charge in [0.25, 0.3) is 5.89 Å². The molecule has 0 bridgehead atoms. The summed E-state index contributed by atoms with van der Waals surface area (Å²) in [6, 6.07) is 20.9. The lowest BCUT2D eigenvalue weighted by Gasteiger charge is -2.21. The Morgan fingerprint density at radius 1 is 1.05 bits per heavy atom. The molecule has 1 aliphatic rings. The summed E-state index contributed by atoms with van der Waals surface area (Å²) in [7, 11) is -0.421. The number of aliphatic hydroxyl groups excluding tert-OH is 1. The summed E-state index contributed by atoms with van der Waals surface area (Å²) in [5.74, 6) is 0.609. The molecular formula is C31H30BFN6O4. The van der Waals surface area contributed by atoms with Crippen LogP contribution in [0.3, 0.4) is 0 Å². The van der Waals surface area contributed by atoms with E-state index in [9.17, 15) is 9.50 Å². The minimum absolute atomic E-state index is 0.136. The van der Waals surface area contributed by atoms with Crippen molar-refractivity contribution in [2.75, 3.05) is 23.8 Å². The first-order valence-corrected chi connectivity index (χ1v) is 13.9. The van der Waals surface area contributed by atoms with Gasteiger partial charge in [-0.2, -0.15) is 9.97 Å². The summed E-state index contributed by atoms with van der Waals surface area (Å²) >= 11 is 0. The Kier molecular flexibility index (Phi) is 7.89. The van der Waals surface area contributed by atoms with Crippen molar-refractivity contribution in [2.45, 2.75) is 32.4 Å². The van der Waals surface area contributed by atoms with E-state index in [0.29, 0.717) is 29.5 Å². The number of fused-ring (bicyclic) bond motifs is 1. The monoisotopic (exact) mass is 580 g/mol. The van der Waals surface area contributed by atoms with Gasteiger partial charge in [-0.1, -0.05) is 53.7 Å². The molecule has 0 saturated carbocycles. The molecule has 43 heavy (non-hydrogen) atoms. The van der Waals surface area contributed by atoms with Gasteiger partial charge in [0.05, 0.1) is 18.2 Å². The number of rotatable bonds is 10. The number of benzene rings is 3. The van der Waals surface area contributed by atoms with Gasteiger partial charge in [-0.3, -0.25) is 0 Å². The van der Waals surface area contributed by atoms with Crippen molar-refractivity contribution in [3.8, 4) is 22.8 Å². The van der Waals surface area contributed by atoms with Crippen LogP contribution in [-0.2, 0) is 14.9 Å². The normalized spacial score (nSPS) is 14.4. The van der Waals surface area contributed by atoms with Gasteiger partial charge in [0.1, 0.15) is 17.2 Å². The number of aromatic nitrogens is 4. The zero-order valence-electron chi connectivity index (χ0n) is 23.9. The molecule has 12 heteroatoms. The molecule has 0 saturated heterocycles. The number of aliphatic hydroxyl groups is 1. The first kappa shape index (κ1) is 28.5. The molecule has 2 aromatic heterocycles. The molecule has 218 valence electrons. The van der Waals surface area contributed by atoms with Crippen LogP contribution < -0.4 is 16.1 Å². The summed E-state index contributed by atoms with van der Waals surface area (Å²) in [5.41, 5.74) is 3.96. The second-order valence-corrected chi connectivity index (χ2v) is 10.5. The smallest absolute Gasteiger partial charge is 0.408 e. The zero-order valence-corrected chi connectivity index (χ0v) is 23.9. The van der Waals surface area contributed by atoms with Crippen molar-refractivity contribution in [3.05, 3.63) is 95.9 Å². The van der Waals surface area contributed by atoms with E-state index >= 15 is 0 Å². The molecule has 1 atom stereocenters. The second-order valence-electron chi connectivity index (χ2n) is 10.5. The average Bonchev–Trinajstić information content (AvgIpc) is 3.59.